The van der Waals surface area contributed by atoms with Crippen LogP contribution in [-0.2, 0) is 18.3 Å². The highest BCUT2D eigenvalue weighted by Crippen LogP contribution is 2.32. The van der Waals surface area contributed by atoms with Crippen molar-refractivity contribution in [1.82, 2.24) is 0 Å². The predicted molar refractivity (Wildman–Crippen MR) is 173 cm³/mol. The largest absolute Gasteiger partial charge is 0.0654 e. The van der Waals surface area contributed by atoms with Crippen LogP contribution in [0, 0.1) is 0 Å². The number of benzene rings is 4. The molecule has 0 aromatic heterocycles. The third kappa shape index (κ3) is 8.17. The molecular formula is C39H44. The smallest absolute Gasteiger partial charge is 0.0146 e. The van der Waals surface area contributed by atoms with Gasteiger partial charge >= 0.3 is 0 Å². The van der Waals surface area contributed by atoms with Crippen molar-refractivity contribution in [2.45, 2.75) is 71.6 Å². The van der Waals surface area contributed by atoms with Gasteiger partial charge < -0.3 is 0 Å². The zero-order chi connectivity index (χ0) is 27.5. The van der Waals surface area contributed by atoms with Gasteiger partial charge in [-0.05, 0) is 70.2 Å². The van der Waals surface area contributed by atoms with E-state index in [-0.39, 0.29) is 5.41 Å². The van der Waals surface area contributed by atoms with E-state index in [1.54, 1.807) is 0 Å². The Morgan fingerprint density at radius 2 is 0.718 bits per heavy atom. The molecular weight excluding hydrogens is 468 g/mol. The summed E-state index contributed by atoms with van der Waals surface area (Å²) in [4.78, 5) is 0. The fraction of sp³-hybridized carbons (Fsp3) is 0.282. The van der Waals surface area contributed by atoms with Gasteiger partial charge in [-0.2, -0.15) is 0 Å². The van der Waals surface area contributed by atoms with Gasteiger partial charge in [-0.1, -0.05) is 162 Å². The first kappa shape index (κ1) is 28.4. The van der Waals surface area contributed by atoms with E-state index in [4.69, 9.17) is 0 Å². The third-order valence-electron chi connectivity index (χ3n) is 7.80. The summed E-state index contributed by atoms with van der Waals surface area (Å²) in [7, 11) is 0. The molecule has 200 valence electrons. The maximum Gasteiger partial charge on any atom is 0.0146 e. The van der Waals surface area contributed by atoms with E-state index in [1.165, 1.54) is 83.0 Å². The van der Waals surface area contributed by atoms with Crippen molar-refractivity contribution in [2.24, 2.45) is 0 Å². The lowest BCUT2D eigenvalue weighted by Crippen LogP contribution is -2.18. The SMILES string of the molecule is CCCCc1ccc(/C=C/c2ccc(C(C)(C)c3ccc(/C=C/c4ccc(CCCC)cc4)cc3)cc2)cc1. The molecule has 0 aliphatic heterocycles. The minimum atomic E-state index is -0.0624. The summed E-state index contributed by atoms with van der Waals surface area (Å²) in [6, 6.07) is 35.9. The summed E-state index contributed by atoms with van der Waals surface area (Å²) in [6.07, 6.45) is 16.2. The second kappa shape index (κ2) is 13.9. The van der Waals surface area contributed by atoms with E-state index in [2.05, 4.69) is 149 Å². The lowest BCUT2D eigenvalue weighted by atomic mass is 9.78. The average Bonchev–Trinajstić information content (AvgIpc) is 2.98. The molecule has 0 nitrogen and oxygen atoms in total. The second-order valence-corrected chi connectivity index (χ2v) is 11.2. The summed E-state index contributed by atoms with van der Waals surface area (Å²) in [5.41, 5.74) is 10.4. The monoisotopic (exact) mass is 512 g/mol. The Labute approximate surface area is 237 Å². The number of unbranched alkanes of at least 4 members (excludes halogenated alkanes) is 2. The number of hydrogen-bond donors (Lipinski definition) is 0. The van der Waals surface area contributed by atoms with Crippen molar-refractivity contribution in [1.29, 1.82) is 0 Å². The van der Waals surface area contributed by atoms with Gasteiger partial charge in [0.25, 0.3) is 0 Å². The maximum absolute atomic E-state index is 2.31. The normalized spacial score (nSPS) is 12.0. The van der Waals surface area contributed by atoms with Crippen LogP contribution in [0.5, 0.6) is 0 Å². The molecule has 0 aliphatic rings. The molecule has 4 aromatic rings. The molecule has 0 fully saturated rings. The Morgan fingerprint density at radius 1 is 0.436 bits per heavy atom. The van der Waals surface area contributed by atoms with Crippen LogP contribution in [0.15, 0.2) is 97.1 Å². The van der Waals surface area contributed by atoms with E-state index in [0.717, 1.165) is 0 Å². The van der Waals surface area contributed by atoms with E-state index < -0.39 is 0 Å². The quantitative estimate of drug-likeness (QED) is 0.166. The van der Waals surface area contributed by atoms with E-state index in [1.807, 2.05) is 0 Å². The Balaban J connectivity index is 1.37. The first-order valence-corrected chi connectivity index (χ1v) is 14.7. The maximum atomic E-state index is 2.31. The molecule has 0 bridgehead atoms. The van der Waals surface area contributed by atoms with Gasteiger partial charge in [-0.15, -0.1) is 0 Å². The molecule has 0 saturated heterocycles. The van der Waals surface area contributed by atoms with E-state index in [9.17, 15) is 0 Å². The van der Waals surface area contributed by atoms with Gasteiger partial charge in [0.1, 0.15) is 0 Å². The summed E-state index contributed by atoms with van der Waals surface area (Å²) in [5, 5.41) is 0. The fourth-order valence-corrected chi connectivity index (χ4v) is 4.93. The first-order valence-electron chi connectivity index (χ1n) is 14.7. The van der Waals surface area contributed by atoms with Crippen LogP contribution in [0.1, 0.15) is 97.9 Å². The molecule has 0 aliphatic carbocycles. The molecule has 0 radical (unpaired) electrons. The number of rotatable bonds is 12. The molecule has 0 unspecified atom stereocenters. The van der Waals surface area contributed by atoms with Crippen molar-refractivity contribution >= 4 is 24.3 Å². The summed E-state index contributed by atoms with van der Waals surface area (Å²) < 4.78 is 0. The van der Waals surface area contributed by atoms with Crippen LogP contribution < -0.4 is 0 Å². The standard InChI is InChI=1S/C39H44/c1-5-7-9-31-11-15-33(16-12-31)19-21-35-23-27-37(28-24-35)39(3,4)38-29-25-36(26-30-38)22-20-34-17-13-32(14-18-34)10-8-6-2/h11-30H,5-10H2,1-4H3/b21-19+,22-20+. The zero-order valence-corrected chi connectivity index (χ0v) is 24.3. The predicted octanol–water partition coefficient (Wildman–Crippen LogP) is 11.0. The first-order chi connectivity index (χ1) is 19.0. The molecule has 0 N–H and O–H groups in total. The van der Waals surface area contributed by atoms with Crippen LogP contribution in [0.4, 0.5) is 0 Å². The average molecular weight is 513 g/mol. The Bertz CT molecular complexity index is 1220. The van der Waals surface area contributed by atoms with Crippen LogP contribution in [0.25, 0.3) is 24.3 Å². The number of aryl methyl sites for hydroxylation is 2. The Morgan fingerprint density at radius 3 is 1.00 bits per heavy atom. The lowest BCUT2D eigenvalue weighted by molar-refractivity contribution is 0.641. The van der Waals surface area contributed by atoms with Gasteiger partial charge in [0, 0.05) is 5.41 Å². The molecule has 0 heterocycles. The third-order valence-corrected chi connectivity index (χ3v) is 7.80. The minimum Gasteiger partial charge on any atom is -0.0654 e. The summed E-state index contributed by atoms with van der Waals surface area (Å²) in [6.45, 7) is 9.10. The van der Waals surface area contributed by atoms with Crippen molar-refractivity contribution in [3.63, 3.8) is 0 Å². The zero-order valence-electron chi connectivity index (χ0n) is 24.3. The Kier molecular flexibility index (Phi) is 10.1. The van der Waals surface area contributed by atoms with E-state index in [0.29, 0.717) is 0 Å². The Hall–Kier alpha value is -3.64. The van der Waals surface area contributed by atoms with Gasteiger partial charge in [-0.25, -0.2) is 0 Å². The van der Waals surface area contributed by atoms with Gasteiger partial charge in [0.2, 0.25) is 0 Å². The van der Waals surface area contributed by atoms with E-state index >= 15 is 0 Å². The van der Waals surface area contributed by atoms with Gasteiger partial charge in [0.15, 0.2) is 0 Å². The van der Waals surface area contributed by atoms with Gasteiger partial charge in [-0.3, -0.25) is 0 Å². The summed E-state index contributed by atoms with van der Waals surface area (Å²) in [5.74, 6) is 0. The lowest BCUT2D eigenvalue weighted by Gasteiger charge is -2.26. The highest BCUT2D eigenvalue weighted by molar-refractivity contribution is 5.71. The molecule has 0 saturated carbocycles. The fourth-order valence-electron chi connectivity index (χ4n) is 4.93. The van der Waals surface area contributed by atoms with Crippen molar-refractivity contribution in [2.75, 3.05) is 0 Å². The second-order valence-electron chi connectivity index (χ2n) is 11.2. The number of hydrogen-bond acceptors (Lipinski definition) is 0. The van der Waals surface area contributed by atoms with Crippen LogP contribution >= 0.6 is 0 Å². The highest BCUT2D eigenvalue weighted by Gasteiger charge is 2.22. The summed E-state index contributed by atoms with van der Waals surface area (Å²) >= 11 is 0. The molecule has 0 atom stereocenters. The molecule has 4 rings (SSSR count). The topological polar surface area (TPSA) is 0 Å². The van der Waals surface area contributed by atoms with Crippen LogP contribution in [-0.4, -0.2) is 0 Å². The highest BCUT2D eigenvalue weighted by atomic mass is 14.3. The molecule has 0 heteroatoms. The molecule has 0 amide bonds. The van der Waals surface area contributed by atoms with Gasteiger partial charge in [0.05, 0.1) is 0 Å². The van der Waals surface area contributed by atoms with Crippen molar-refractivity contribution in [3.05, 3.63) is 142 Å². The minimum absolute atomic E-state index is 0.0624. The van der Waals surface area contributed by atoms with Crippen molar-refractivity contribution in [3.8, 4) is 0 Å². The molecule has 39 heavy (non-hydrogen) atoms. The molecule has 4 aromatic carbocycles. The molecule has 0 spiro atoms. The van der Waals surface area contributed by atoms with Crippen LogP contribution in [0.2, 0.25) is 0 Å². The van der Waals surface area contributed by atoms with Crippen molar-refractivity contribution < 1.29 is 0 Å². The van der Waals surface area contributed by atoms with Crippen LogP contribution in [0.3, 0.4) is 0 Å².